The number of ether oxygens (including phenoxy) is 1. The highest BCUT2D eigenvalue weighted by Crippen LogP contribution is 2.56. The van der Waals surface area contributed by atoms with Gasteiger partial charge in [0.05, 0.1) is 18.8 Å². The van der Waals surface area contributed by atoms with E-state index in [1.165, 1.54) is 5.57 Å². The molecule has 0 aromatic heterocycles. The van der Waals surface area contributed by atoms with Gasteiger partial charge in [0.2, 0.25) is 0 Å². The van der Waals surface area contributed by atoms with Gasteiger partial charge in [-0.1, -0.05) is 44.9 Å². The normalized spacial score (nSPS) is 29.1. The first-order valence-corrected chi connectivity index (χ1v) is 8.28. The van der Waals surface area contributed by atoms with Crippen molar-refractivity contribution >= 4 is 17.4 Å². The summed E-state index contributed by atoms with van der Waals surface area (Å²) in [5, 5.41) is 0.877. The Kier molecular flexibility index (Phi) is 4.58. The largest absolute Gasteiger partial charge is 0.498 e. The molecule has 0 unspecified atom stereocenters. The van der Waals surface area contributed by atoms with Crippen LogP contribution in [-0.2, 0) is 9.53 Å². The Balaban J connectivity index is 2.28. The van der Waals surface area contributed by atoms with Crippen molar-refractivity contribution in [3.63, 3.8) is 0 Å². The predicted octanol–water partition coefficient (Wildman–Crippen LogP) is 5.23. The third kappa shape index (κ3) is 3.06. The molecule has 2 nitrogen and oxygen atoms in total. The fourth-order valence-corrected chi connectivity index (χ4v) is 3.80. The zero-order valence-electron chi connectivity index (χ0n) is 13.9. The molecule has 0 fully saturated rings. The molecule has 2 aliphatic carbocycles. The summed E-state index contributed by atoms with van der Waals surface area (Å²) in [4.78, 5) is 12.9. The first kappa shape index (κ1) is 16.6. The average molecular weight is 311 g/mol. The van der Waals surface area contributed by atoms with Crippen LogP contribution in [0.1, 0.15) is 60.3 Å². The first-order chi connectivity index (χ1) is 9.68. The molecular weight excluding hydrogens is 284 g/mol. The van der Waals surface area contributed by atoms with Crippen molar-refractivity contribution in [1.29, 1.82) is 0 Å². The van der Waals surface area contributed by atoms with Gasteiger partial charge >= 0.3 is 0 Å². The quantitative estimate of drug-likeness (QED) is 0.714. The number of carbonyl (C=O) groups excluding carboxylic acids is 1. The molecule has 2 rings (SSSR count). The molecule has 0 heterocycles. The number of rotatable bonds is 3. The Morgan fingerprint density at radius 3 is 2.57 bits per heavy atom. The minimum absolute atomic E-state index is 0.213. The Labute approximate surface area is 133 Å². The van der Waals surface area contributed by atoms with Gasteiger partial charge < -0.3 is 4.74 Å². The SMILES string of the molecule is CC1=C(Cl)C[C@@]2(CC1)C(=O)CC(OCC(C)C)=CC2(C)C. The van der Waals surface area contributed by atoms with E-state index in [-0.39, 0.29) is 10.8 Å². The van der Waals surface area contributed by atoms with Gasteiger partial charge in [-0.3, -0.25) is 4.79 Å². The molecule has 2 aliphatic rings. The van der Waals surface area contributed by atoms with Crippen molar-refractivity contribution in [3.8, 4) is 0 Å². The summed E-state index contributed by atoms with van der Waals surface area (Å²) >= 11 is 6.40. The van der Waals surface area contributed by atoms with Gasteiger partial charge in [0, 0.05) is 10.4 Å². The second-order valence-corrected chi connectivity index (χ2v) is 8.04. The lowest BCUT2D eigenvalue weighted by Gasteiger charge is -2.49. The van der Waals surface area contributed by atoms with Crippen LogP contribution in [0.4, 0.5) is 0 Å². The minimum Gasteiger partial charge on any atom is -0.498 e. The summed E-state index contributed by atoms with van der Waals surface area (Å²) < 4.78 is 5.83. The van der Waals surface area contributed by atoms with Gasteiger partial charge in [-0.05, 0) is 43.6 Å². The van der Waals surface area contributed by atoms with Crippen molar-refractivity contribution in [3.05, 3.63) is 22.4 Å². The lowest BCUT2D eigenvalue weighted by Crippen LogP contribution is -2.48. The van der Waals surface area contributed by atoms with Crippen molar-refractivity contribution in [2.24, 2.45) is 16.7 Å². The van der Waals surface area contributed by atoms with Gasteiger partial charge in [0.25, 0.3) is 0 Å². The number of hydrogen-bond donors (Lipinski definition) is 0. The van der Waals surface area contributed by atoms with E-state index in [0.29, 0.717) is 31.1 Å². The highest BCUT2D eigenvalue weighted by molar-refractivity contribution is 6.30. The van der Waals surface area contributed by atoms with Crippen molar-refractivity contribution in [1.82, 2.24) is 0 Å². The molecule has 0 saturated heterocycles. The number of Topliss-reactive ketones (excluding diaryl/α,β-unsaturated/α-hetero) is 1. The van der Waals surface area contributed by atoms with E-state index < -0.39 is 0 Å². The van der Waals surface area contributed by atoms with Crippen LogP contribution in [0.3, 0.4) is 0 Å². The molecule has 0 amide bonds. The van der Waals surface area contributed by atoms with E-state index >= 15 is 0 Å². The van der Waals surface area contributed by atoms with Gasteiger partial charge in [-0.25, -0.2) is 0 Å². The second-order valence-electron chi connectivity index (χ2n) is 7.58. The van der Waals surface area contributed by atoms with E-state index in [2.05, 4.69) is 40.7 Å². The highest BCUT2D eigenvalue weighted by Gasteiger charge is 2.53. The Bertz CT molecular complexity index is 499. The van der Waals surface area contributed by atoms with Crippen LogP contribution in [0, 0.1) is 16.7 Å². The lowest BCUT2D eigenvalue weighted by atomic mass is 9.54. The van der Waals surface area contributed by atoms with E-state index in [1.54, 1.807) is 0 Å². The average Bonchev–Trinajstić information content (AvgIpc) is 2.37. The Morgan fingerprint density at radius 2 is 2.05 bits per heavy atom. The third-order valence-electron chi connectivity index (χ3n) is 5.07. The fourth-order valence-electron chi connectivity index (χ4n) is 3.47. The van der Waals surface area contributed by atoms with Crippen LogP contribution in [0.5, 0.6) is 0 Å². The molecule has 0 aromatic carbocycles. The van der Waals surface area contributed by atoms with Gasteiger partial charge in [-0.2, -0.15) is 0 Å². The van der Waals surface area contributed by atoms with E-state index in [1.807, 2.05) is 0 Å². The molecule has 1 spiro atoms. The number of ketones is 1. The van der Waals surface area contributed by atoms with Crippen molar-refractivity contribution in [2.45, 2.75) is 60.3 Å². The van der Waals surface area contributed by atoms with Crippen molar-refractivity contribution < 1.29 is 9.53 Å². The molecule has 1 atom stereocenters. The third-order valence-corrected chi connectivity index (χ3v) is 5.53. The summed E-state index contributed by atoms with van der Waals surface area (Å²) in [6.45, 7) is 11.3. The molecule has 118 valence electrons. The monoisotopic (exact) mass is 310 g/mol. The molecule has 3 heteroatoms. The molecule has 0 bridgehead atoms. The highest BCUT2D eigenvalue weighted by atomic mass is 35.5. The van der Waals surface area contributed by atoms with Crippen LogP contribution in [0.2, 0.25) is 0 Å². The summed E-state index contributed by atoms with van der Waals surface area (Å²) in [6, 6.07) is 0. The molecule has 21 heavy (non-hydrogen) atoms. The maximum absolute atomic E-state index is 12.9. The van der Waals surface area contributed by atoms with Gasteiger partial charge in [0.1, 0.15) is 5.78 Å². The summed E-state index contributed by atoms with van der Waals surface area (Å²) in [5.41, 5.74) is 0.667. The van der Waals surface area contributed by atoms with Crippen LogP contribution < -0.4 is 0 Å². The standard InChI is InChI=1S/C18H27ClO2/c1-12(2)11-21-14-8-16(20)18(17(4,5)9-14)7-6-13(3)15(19)10-18/h9,12H,6-8,10-11H2,1-5H3/t18-/m0/s1. The van der Waals surface area contributed by atoms with Crippen molar-refractivity contribution in [2.75, 3.05) is 6.61 Å². The second kappa shape index (κ2) is 5.79. The lowest BCUT2D eigenvalue weighted by molar-refractivity contribution is -0.136. The van der Waals surface area contributed by atoms with Crippen LogP contribution in [0.25, 0.3) is 0 Å². The molecule has 0 aromatic rings. The van der Waals surface area contributed by atoms with E-state index in [0.717, 1.165) is 23.6 Å². The summed E-state index contributed by atoms with van der Waals surface area (Å²) in [6.07, 6.45) is 5.08. The van der Waals surface area contributed by atoms with Crippen LogP contribution in [-0.4, -0.2) is 12.4 Å². The van der Waals surface area contributed by atoms with Gasteiger partial charge in [0.15, 0.2) is 0 Å². The Hall–Kier alpha value is -0.760. The summed E-state index contributed by atoms with van der Waals surface area (Å²) in [5.74, 6) is 1.60. The molecular formula is C18H27ClO2. The predicted molar refractivity (Wildman–Crippen MR) is 87.1 cm³/mol. The smallest absolute Gasteiger partial charge is 0.147 e. The number of carbonyl (C=O) groups is 1. The maximum atomic E-state index is 12.9. The molecule has 0 N–H and O–H groups in total. The first-order valence-electron chi connectivity index (χ1n) is 7.90. The van der Waals surface area contributed by atoms with Gasteiger partial charge in [-0.15, -0.1) is 0 Å². The molecule has 0 aliphatic heterocycles. The topological polar surface area (TPSA) is 26.3 Å². The maximum Gasteiger partial charge on any atom is 0.147 e. The number of halogens is 1. The zero-order valence-corrected chi connectivity index (χ0v) is 14.6. The fraction of sp³-hybridized carbons (Fsp3) is 0.722. The Morgan fingerprint density at radius 1 is 1.38 bits per heavy atom. The summed E-state index contributed by atoms with van der Waals surface area (Å²) in [7, 11) is 0. The number of allylic oxidation sites excluding steroid dienone is 4. The molecule has 0 radical (unpaired) electrons. The zero-order chi connectivity index (χ0) is 15.8. The van der Waals surface area contributed by atoms with E-state index in [4.69, 9.17) is 16.3 Å². The van der Waals surface area contributed by atoms with Crippen LogP contribution in [0.15, 0.2) is 22.4 Å². The van der Waals surface area contributed by atoms with E-state index in [9.17, 15) is 4.79 Å². The molecule has 0 saturated carbocycles. The number of hydrogen-bond acceptors (Lipinski definition) is 2. The van der Waals surface area contributed by atoms with Crippen LogP contribution >= 0.6 is 11.6 Å². The minimum atomic E-state index is -0.353.